The van der Waals surface area contributed by atoms with Crippen LogP contribution in [-0.2, 0) is 4.87 Å². The van der Waals surface area contributed by atoms with Crippen molar-refractivity contribution in [3.8, 4) is 0 Å². The molecule has 0 spiro atoms. The van der Waals surface area contributed by atoms with E-state index in [-0.39, 0.29) is 4.87 Å². The summed E-state index contributed by atoms with van der Waals surface area (Å²) >= 11 is 1.81. The van der Waals surface area contributed by atoms with E-state index in [9.17, 15) is 0 Å². The van der Waals surface area contributed by atoms with Crippen molar-refractivity contribution in [2.45, 2.75) is 56.7 Å². The minimum Gasteiger partial charge on any atom is -0.288 e. The maximum absolute atomic E-state index is 4.61. The zero-order valence-corrected chi connectivity index (χ0v) is 15.9. The van der Waals surface area contributed by atoms with E-state index in [0.29, 0.717) is 0 Å². The van der Waals surface area contributed by atoms with E-state index >= 15 is 0 Å². The van der Waals surface area contributed by atoms with Crippen LogP contribution in [0.3, 0.4) is 0 Å². The fraction of sp³-hybridized carbons (Fsp3) is 0.409. The number of aryl methyl sites for hydroxylation is 1. The van der Waals surface area contributed by atoms with Crippen LogP contribution in [0.4, 0.5) is 0 Å². The largest absolute Gasteiger partial charge is 0.288 e. The normalized spacial score (nSPS) is 24.0. The van der Waals surface area contributed by atoms with Crippen molar-refractivity contribution in [1.29, 1.82) is 0 Å². The zero-order valence-electron chi connectivity index (χ0n) is 15.1. The monoisotopic (exact) mass is 350 g/mol. The third-order valence-electron chi connectivity index (χ3n) is 5.51. The summed E-state index contributed by atoms with van der Waals surface area (Å²) in [5.41, 5.74) is 8.63. The highest BCUT2D eigenvalue weighted by Crippen LogP contribution is 2.41. The third kappa shape index (κ3) is 3.48. The molecule has 25 heavy (non-hydrogen) atoms. The average Bonchev–Trinajstić information content (AvgIpc) is 3.07. The van der Waals surface area contributed by atoms with Crippen molar-refractivity contribution in [2.75, 3.05) is 0 Å². The van der Waals surface area contributed by atoms with Gasteiger partial charge in [-0.3, -0.25) is 5.43 Å². The first kappa shape index (κ1) is 16.7. The molecule has 130 valence electrons. The minimum absolute atomic E-state index is 0.189. The molecule has 2 aromatic carbocycles. The summed E-state index contributed by atoms with van der Waals surface area (Å²) in [6, 6.07) is 17.8. The summed E-state index contributed by atoms with van der Waals surface area (Å²) in [5.74, 6) is 0.763. The fourth-order valence-corrected chi connectivity index (χ4v) is 4.93. The second kappa shape index (κ2) is 6.87. The molecule has 0 radical (unpaired) electrons. The Balaban J connectivity index is 1.49. The van der Waals surface area contributed by atoms with Crippen molar-refractivity contribution in [2.24, 2.45) is 5.10 Å². The van der Waals surface area contributed by atoms with E-state index in [1.54, 1.807) is 11.8 Å². The first-order chi connectivity index (χ1) is 12.1. The van der Waals surface area contributed by atoms with E-state index in [4.69, 9.17) is 0 Å². The maximum atomic E-state index is 4.61. The first-order valence-electron chi connectivity index (χ1n) is 9.35. The smallest absolute Gasteiger partial charge is 0.128 e. The molecule has 1 saturated carbocycles. The Hall–Kier alpha value is -1.74. The third-order valence-corrected chi connectivity index (χ3v) is 6.76. The van der Waals surface area contributed by atoms with Crippen molar-refractivity contribution in [3.05, 3.63) is 70.8 Å². The number of nitrogens with zero attached hydrogens (tertiary/aromatic N) is 1. The number of benzene rings is 2. The molecule has 1 atom stereocenters. The maximum Gasteiger partial charge on any atom is 0.128 e. The second-order valence-electron chi connectivity index (χ2n) is 7.49. The highest BCUT2D eigenvalue weighted by Gasteiger charge is 2.34. The number of hydrazone groups is 1. The highest BCUT2D eigenvalue weighted by atomic mass is 32.2. The van der Waals surface area contributed by atoms with Crippen molar-refractivity contribution >= 4 is 16.8 Å². The van der Waals surface area contributed by atoms with Crippen molar-refractivity contribution in [1.82, 2.24) is 5.43 Å². The molecule has 0 amide bonds. The lowest BCUT2D eigenvalue weighted by atomic mass is 9.84. The molecule has 0 saturated heterocycles. The standard InChI is InChI=1S/C22H26N2S/c1-16-8-10-19(11-9-16)21-23-24-22(2,25-21)20-14-12-18(13-15-20)17-6-4-3-5-7-17/h8-15,17,24H,3-7H2,1-2H3. The van der Waals surface area contributed by atoms with Gasteiger partial charge in [-0.25, -0.2) is 0 Å². The molecule has 1 N–H and O–H groups in total. The Morgan fingerprint density at radius 2 is 1.64 bits per heavy atom. The second-order valence-corrected chi connectivity index (χ2v) is 8.89. The SMILES string of the molecule is Cc1ccc(C2=NNC(C)(c3ccc(C4CCCCC4)cc3)S2)cc1. The molecular formula is C22H26N2S. The van der Waals surface area contributed by atoms with Gasteiger partial charge >= 0.3 is 0 Å². The highest BCUT2D eigenvalue weighted by molar-refractivity contribution is 8.15. The Labute approximate surface area is 155 Å². The topological polar surface area (TPSA) is 24.4 Å². The minimum atomic E-state index is -0.189. The summed E-state index contributed by atoms with van der Waals surface area (Å²) in [6.07, 6.45) is 6.88. The summed E-state index contributed by atoms with van der Waals surface area (Å²) in [5, 5.41) is 5.68. The fourth-order valence-electron chi connectivity index (χ4n) is 3.85. The molecule has 4 rings (SSSR count). The van der Waals surface area contributed by atoms with Crippen LogP contribution in [0.15, 0.2) is 53.6 Å². The van der Waals surface area contributed by atoms with Crippen LogP contribution in [0.1, 0.15) is 67.2 Å². The van der Waals surface area contributed by atoms with Crippen LogP contribution in [0.25, 0.3) is 0 Å². The lowest BCUT2D eigenvalue weighted by molar-refractivity contribution is 0.443. The molecule has 3 heteroatoms. The van der Waals surface area contributed by atoms with E-state index in [0.717, 1.165) is 11.0 Å². The van der Waals surface area contributed by atoms with Gasteiger partial charge in [0.15, 0.2) is 0 Å². The number of thioether (sulfide) groups is 1. The van der Waals surface area contributed by atoms with Crippen LogP contribution in [0.5, 0.6) is 0 Å². The lowest BCUT2D eigenvalue weighted by Crippen LogP contribution is -2.28. The summed E-state index contributed by atoms with van der Waals surface area (Å²) in [7, 11) is 0. The van der Waals surface area contributed by atoms with Crippen LogP contribution in [0.2, 0.25) is 0 Å². The van der Waals surface area contributed by atoms with E-state index in [1.807, 2.05) is 0 Å². The molecule has 1 fully saturated rings. The Bertz CT molecular complexity index is 758. The molecule has 1 heterocycles. The summed E-state index contributed by atoms with van der Waals surface area (Å²) < 4.78 is 0. The summed E-state index contributed by atoms with van der Waals surface area (Å²) in [6.45, 7) is 4.33. The molecule has 1 unspecified atom stereocenters. The number of nitrogens with one attached hydrogen (secondary N) is 1. The molecule has 2 aromatic rings. The first-order valence-corrected chi connectivity index (χ1v) is 10.2. The Morgan fingerprint density at radius 1 is 0.960 bits per heavy atom. The van der Waals surface area contributed by atoms with Gasteiger partial charge in [-0.1, -0.05) is 85.1 Å². The Morgan fingerprint density at radius 3 is 2.32 bits per heavy atom. The van der Waals surface area contributed by atoms with Gasteiger partial charge in [0.1, 0.15) is 9.91 Å². The van der Waals surface area contributed by atoms with Crippen molar-refractivity contribution in [3.63, 3.8) is 0 Å². The van der Waals surface area contributed by atoms with Gasteiger partial charge in [-0.2, -0.15) is 5.10 Å². The van der Waals surface area contributed by atoms with Crippen LogP contribution in [-0.4, -0.2) is 5.04 Å². The van der Waals surface area contributed by atoms with E-state index < -0.39 is 0 Å². The molecule has 0 aromatic heterocycles. The zero-order chi connectivity index (χ0) is 17.3. The summed E-state index contributed by atoms with van der Waals surface area (Å²) in [4.78, 5) is -0.189. The van der Waals surface area contributed by atoms with Gasteiger partial charge in [0.05, 0.1) is 0 Å². The van der Waals surface area contributed by atoms with Gasteiger partial charge in [-0.15, -0.1) is 0 Å². The van der Waals surface area contributed by atoms with Crippen LogP contribution >= 0.6 is 11.8 Å². The lowest BCUT2D eigenvalue weighted by Gasteiger charge is -2.25. The predicted molar refractivity (Wildman–Crippen MR) is 108 cm³/mol. The van der Waals surface area contributed by atoms with Gasteiger partial charge in [0.2, 0.25) is 0 Å². The quantitative estimate of drug-likeness (QED) is 0.744. The van der Waals surface area contributed by atoms with Crippen LogP contribution < -0.4 is 5.43 Å². The number of hydrogen-bond acceptors (Lipinski definition) is 3. The molecule has 2 nitrogen and oxygen atoms in total. The molecular weight excluding hydrogens is 324 g/mol. The van der Waals surface area contributed by atoms with Gasteiger partial charge in [-0.05, 0) is 43.7 Å². The van der Waals surface area contributed by atoms with E-state index in [1.165, 1.54) is 54.4 Å². The van der Waals surface area contributed by atoms with Crippen LogP contribution in [0, 0.1) is 6.92 Å². The number of hydrogen-bond donors (Lipinski definition) is 1. The van der Waals surface area contributed by atoms with Gasteiger partial charge in [0.25, 0.3) is 0 Å². The molecule has 0 bridgehead atoms. The van der Waals surface area contributed by atoms with Crippen molar-refractivity contribution < 1.29 is 0 Å². The number of rotatable bonds is 3. The predicted octanol–water partition coefficient (Wildman–Crippen LogP) is 5.91. The molecule has 1 aliphatic carbocycles. The molecule has 2 aliphatic rings. The van der Waals surface area contributed by atoms with Gasteiger partial charge < -0.3 is 0 Å². The average molecular weight is 351 g/mol. The van der Waals surface area contributed by atoms with E-state index in [2.05, 4.69) is 72.9 Å². The molecule has 1 aliphatic heterocycles. The Kier molecular flexibility index (Phi) is 4.60. The van der Waals surface area contributed by atoms with Gasteiger partial charge in [0, 0.05) is 5.56 Å².